The second-order valence-electron chi connectivity index (χ2n) is 4.60. The molecule has 4 nitrogen and oxygen atoms in total. The van der Waals surface area contributed by atoms with Crippen LogP contribution in [0, 0.1) is 0 Å². The zero-order valence-electron chi connectivity index (χ0n) is 12.3. The van der Waals surface area contributed by atoms with E-state index < -0.39 is 6.10 Å². The normalized spacial score (nSPS) is 12.4. The molecule has 0 saturated heterocycles. The summed E-state index contributed by atoms with van der Waals surface area (Å²) in [7, 11) is 0. The Bertz CT molecular complexity index is 637. The molecule has 4 heteroatoms. The Morgan fingerprint density at radius 3 is 2.41 bits per heavy atom. The predicted molar refractivity (Wildman–Crippen MR) is 88.6 cm³/mol. The molecule has 1 N–H and O–H groups in total. The lowest BCUT2D eigenvalue weighted by atomic mass is 10.2. The van der Waals surface area contributed by atoms with Crippen LogP contribution in [0.2, 0.25) is 0 Å². The first-order valence-corrected chi connectivity index (χ1v) is 7.02. The Labute approximate surface area is 130 Å². The first kappa shape index (κ1) is 15.5. The topological polar surface area (TPSA) is 50.7 Å². The molecule has 0 spiro atoms. The smallest absolute Gasteiger partial charge is 0.280 e. The van der Waals surface area contributed by atoms with Crippen LogP contribution >= 0.6 is 0 Å². The lowest BCUT2D eigenvalue weighted by molar-refractivity contribution is -0.127. The van der Waals surface area contributed by atoms with Crippen molar-refractivity contribution in [2.24, 2.45) is 5.10 Å². The van der Waals surface area contributed by atoms with Gasteiger partial charge in [0.15, 0.2) is 6.10 Å². The van der Waals surface area contributed by atoms with Crippen molar-refractivity contribution >= 4 is 18.2 Å². The van der Waals surface area contributed by atoms with Crippen LogP contribution in [0.3, 0.4) is 0 Å². The van der Waals surface area contributed by atoms with E-state index in [4.69, 9.17) is 4.74 Å². The summed E-state index contributed by atoms with van der Waals surface area (Å²) in [5.74, 6) is 0.353. The lowest BCUT2D eigenvalue weighted by Gasteiger charge is -2.12. The molecule has 2 aromatic rings. The van der Waals surface area contributed by atoms with Crippen LogP contribution in [0.15, 0.2) is 71.8 Å². The molecule has 112 valence electrons. The van der Waals surface area contributed by atoms with Crippen molar-refractivity contribution in [2.45, 2.75) is 13.0 Å². The molecule has 2 rings (SSSR count). The summed E-state index contributed by atoms with van der Waals surface area (Å²) < 4.78 is 5.50. The van der Waals surface area contributed by atoms with Crippen molar-refractivity contribution in [3.8, 4) is 5.75 Å². The number of ether oxygens (including phenoxy) is 1. The third kappa shape index (κ3) is 5.25. The Hall–Kier alpha value is -2.88. The Kier molecular flexibility index (Phi) is 5.93. The van der Waals surface area contributed by atoms with E-state index in [1.54, 1.807) is 25.1 Å². The molecule has 22 heavy (non-hydrogen) atoms. The van der Waals surface area contributed by atoms with Crippen LogP contribution in [0.25, 0.3) is 6.08 Å². The van der Waals surface area contributed by atoms with Gasteiger partial charge in [-0.05, 0) is 30.7 Å². The van der Waals surface area contributed by atoms with E-state index in [1.165, 1.54) is 6.21 Å². The second kappa shape index (κ2) is 8.42. The van der Waals surface area contributed by atoms with Gasteiger partial charge in [0, 0.05) is 6.21 Å². The van der Waals surface area contributed by atoms with E-state index in [0.29, 0.717) is 5.75 Å². The average Bonchev–Trinajstić information content (AvgIpc) is 2.56. The summed E-state index contributed by atoms with van der Waals surface area (Å²) >= 11 is 0. The minimum absolute atomic E-state index is 0.298. The van der Waals surface area contributed by atoms with Crippen LogP contribution in [0.5, 0.6) is 5.75 Å². The highest BCUT2D eigenvalue weighted by Crippen LogP contribution is 2.10. The largest absolute Gasteiger partial charge is 0.481 e. The van der Waals surface area contributed by atoms with Crippen molar-refractivity contribution < 1.29 is 9.53 Å². The Balaban J connectivity index is 1.77. The van der Waals surface area contributed by atoms with Gasteiger partial charge in [-0.25, -0.2) is 5.43 Å². The third-order valence-corrected chi connectivity index (χ3v) is 2.85. The molecular formula is C18H18N2O2. The molecule has 0 bridgehead atoms. The number of benzene rings is 2. The number of hydrogen-bond acceptors (Lipinski definition) is 3. The number of hydrazone groups is 1. The maximum atomic E-state index is 11.8. The molecule has 0 unspecified atom stereocenters. The van der Waals surface area contributed by atoms with Gasteiger partial charge in [-0.2, -0.15) is 5.10 Å². The molecule has 0 aliphatic carbocycles. The average molecular weight is 294 g/mol. The number of nitrogens with one attached hydrogen (secondary N) is 1. The van der Waals surface area contributed by atoms with E-state index in [9.17, 15) is 4.79 Å². The summed E-state index contributed by atoms with van der Waals surface area (Å²) in [4.78, 5) is 11.8. The molecule has 1 amide bonds. The zero-order chi connectivity index (χ0) is 15.6. The highest BCUT2D eigenvalue weighted by molar-refractivity contribution is 5.83. The summed E-state index contributed by atoms with van der Waals surface area (Å²) in [6, 6.07) is 19.0. The van der Waals surface area contributed by atoms with Gasteiger partial charge in [0.05, 0.1) is 0 Å². The third-order valence-electron chi connectivity index (χ3n) is 2.85. The number of hydrogen-bond donors (Lipinski definition) is 1. The second-order valence-corrected chi connectivity index (χ2v) is 4.60. The number of carbonyl (C=O) groups excluding carboxylic acids is 1. The SMILES string of the molecule is C[C@H](Oc1ccccc1)C(=O)NN=C/C=C/c1ccccc1. The van der Waals surface area contributed by atoms with Crippen LogP contribution in [-0.2, 0) is 4.79 Å². The summed E-state index contributed by atoms with van der Waals surface area (Å²) in [6.07, 6.45) is 4.58. The number of rotatable bonds is 6. The van der Waals surface area contributed by atoms with Gasteiger partial charge in [0.1, 0.15) is 5.75 Å². The molecule has 0 aliphatic heterocycles. The molecule has 2 aromatic carbocycles. The molecule has 0 aliphatic rings. The van der Waals surface area contributed by atoms with Crippen molar-refractivity contribution in [3.05, 3.63) is 72.3 Å². The molecule has 0 heterocycles. The van der Waals surface area contributed by atoms with Gasteiger partial charge >= 0.3 is 0 Å². The van der Waals surface area contributed by atoms with Crippen LogP contribution in [0.4, 0.5) is 0 Å². The lowest BCUT2D eigenvalue weighted by Crippen LogP contribution is -2.33. The summed E-state index contributed by atoms with van der Waals surface area (Å²) in [6.45, 7) is 1.68. The highest BCUT2D eigenvalue weighted by atomic mass is 16.5. The molecule has 0 fully saturated rings. The van der Waals surface area contributed by atoms with E-state index >= 15 is 0 Å². The minimum Gasteiger partial charge on any atom is -0.481 e. The highest BCUT2D eigenvalue weighted by Gasteiger charge is 2.13. The molecular weight excluding hydrogens is 276 g/mol. The fourth-order valence-corrected chi connectivity index (χ4v) is 1.71. The van der Waals surface area contributed by atoms with Gasteiger partial charge in [-0.15, -0.1) is 0 Å². The van der Waals surface area contributed by atoms with E-state index in [0.717, 1.165) is 5.56 Å². The molecule has 1 atom stereocenters. The van der Waals surface area contributed by atoms with E-state index in [-0.39, 0.29) is 5.91 Å². The van der Waals surface area contributed by atoms with Crippen molar-refractivity contribution in [1.82, 2.24) is 5.43 Å². The Morgan fingerprint density at radius 2 is 1.73 bits per heavy atom. The predicted octanol–water partition coefficient (Wildman–Crippen LogP) is 3.27. The monoisotopic (exact) mass is 294 g/mol. The zero-order valence-corrected chi connectivity index (χ0v) is 12.3. The van der Waals surface area contributed by atoms with E-state index in [2.05, 4.69) is 10.5 Å². The van der Waals surface area contributed by atoms with Crippen LogP contribution in [-0.4, -0.2) is 18.2 Å². The Morgan fingerprint density at radius 1 is 1.09 bits per heavy atom. The van der Waals surface area contributed by atoms with Crippen molar-refractivity contribution in [2.75, 3.05) is 0 Å². The number of allylic oxidation sites excluding steroid dienone is 1. The van der Waals surface area contributed by atoms with Crippen LogP contribution in [0.1, 0.15) is 12.5 Å². The minimum atomic E-state index is -0.613. The van der Waals surface area contributed by atoms with Crippen molar-refractivity contribution in [3.63, 3.8) is 0 Å². The first-order chi connectivity index (χ1) is 10.8. The van der Waals surface area contributed by atoms with Gasteiger partial charge in [-0.3, -0.25) is 4.79 Å². The quantitative estimate of drug-likeness (QED) is 0.656. The van der Waals surface area contributed by atoms with Gasteiger partial charge in [0.25, 0.3) is 5.91 Å². The maximum absolute atomic E-state index is 11.8. The van der Waals surface area contributed by atoms with Crippen LogP contribution < -0.4 is 10.2 Å². The van der Waals surface area contributed by atoms with Gasteiger partial charge < -0.3 is 4.74 Å². The summed E-state index contributed by atoms with van der Waals surface area (Å²) in [5, 5.41) is 3.86. The molecule has 0 aromatic heterocycles. The fraction of sp³-hybridized carbons (Fsp3) is 0.111. The summed E-state index contributed by atoms with van der Waals surface area (Å²) in [5.41, 5.74) is 3.51. The van der Waals surface area contributed by atoms with E-state index in [1.807, 2.05) is 54.6 Å². The number of nitrogens with zero attached hydrogens (tertiary/aromatic N) is 1. The standard InChI is InChI=1S/C18H18N2O2/c1-15(22-17-12-6-3-7-13-17)18(21)20-19-14-8-11-16-9-4-2-5-10-16/h2-15H,1H3,(H,20,21)/b11-8+,19-14?/t15-/m0/s1. The number of para-hydroxylation sites is 1. The molecule has 0 saturated carbocycles. The van der Waals surface area contributed by atoms with Gasteiger partial charge in [-0.1, -0.05) is 54.6 Å². The van der Waals surface area contributed by atoms with Crippen molar-refractivity contribution in [1.29, 1.82) is 0 Å². The fourth-order valence-electron chi connectivity index (χ4n) is 1.71. The maximum Gasteiger partial charge on any atom is 0.280 e. The molecule has 0 radical (unpaired) electrons. The first-order valence-electron chi connectivity index (χ1n) is 7.02. The number of carbonyl (C=O) groups is 1. The van der Waals surface area contributed by atoms with Gasteiger partial charge in [0.2, 0.25) is 0 Å². The number of amides is 1.